The van der Waals surface area contributed by atoms with Crippen molar-refractivity contribution < 1.29 is 4.42 Å². The normalized spacial score (nSPS) is 14.6. The van der Waals surface area contributed by atoms with Gasteiger partial charge in [0.15, 0.2) is 5.96 Å². The number of furan rings is 1. The van der Waals surface area contributed by atoms with Gasteiger partial charge in [-0.1, -0.05) is 6.92 Å². The lowest BCUT2D eigenvalue weighted by Crippen LogP contribution is -2.38. The monoisotopic (exact) mass is 319 g/mol. The van der Waals surface area contributed by atoms with Crippen molar-refractivity contribution in [1.29, 1.82) is 0 Å². The molecular formula is C17H25N3OS. The van der Waals surface area contributed by atoms with E-state index in [1.165, 1.54) is 5.56 Å². The number of aryl methyl sites for hydroxylation is 1. The molecule has 2 atom stereocenters. The molecule has 2 N–H and O–H groups in total. The molecule has 2 aromatic rings. The fourth-order valence-electron chi connectivity index (χ4n) is 2.17. The van der Waals surface area contributed by atoms with Crippen molar-refractivity contribution in [1.82, 2.24) is 10.6 Å². The first kappa shape index (κ1) is 16.6. The van der Waals surface area contributed by atoms with Gasteiger partial charge in [0.05, 0.1) is 6.04 Å². The molecule has 0 aliphatic rings. The van der Waals surface area contributed by atoms with Gasteiger partial charge in [-0.15, -0.1) is 0 Å². The third-order valence-electron chi connectivity index (χ3n) is 3.52. The zero-order chi connectivity index (χ0) is 15.9. The van der Waals surface area contributed by atoms with Crippen LogP contribution in [-0.4, -0.2) is 19.0 Å². The van der Waals surface area contributed by atoms with Gasteiger partial charge in [0.25, 0.3) is 0 Å². The van der Waals surface area contributed by atoms with E-state index in [9.17, 15) is 0 Å². The van der Waals surface area contributed by atoms with Crippen LogP contribution in [0.5, 0.6) is 0 Å². The Morgan fingerprint density at radius 2 is 2.14 bits per heavy atom. The molecule has 0 aliphatic carbocycles. The Balaban J connectivity index is 1.97. The van der Waals surface area contributed by atoms with Crippen LogP contribution in [0.15, 0.2) is 38.4 Å². The van der Waals surface area contributed by atoms with Crippen molar-refractivity contribution in [2.75, 3.05) is 13.1 Å². The molecular weight excluding hydrogens is 294 g/mol. The molecule has 120 valence electrons. The number of nitrogens with zero attached hydrogens (tertiary/aromatic N) is 1. The molecule has 0 aliphatic heterocycles. The second kappa shape index (κ2) is 8.03. The molecule has 2 heterocycles. The van der Waals surface area contributed by atoms with Gasteiger partial charge in [0.1, 0.15) is 11.5 Å². The smallest absolute Gasteiger partial charge is 0.191 e. The molecule has 0 fully saturated rings. The summed E-state index contributed by atoms with van der Waals surface area (Å²) in [7, 11) is 0. The molecule has 22 heavy (non-hydrogen) atoms. The van der Waals surface area contributed by atoms with E-state index in [1.54, 1.807) is 11.3 Å². The molecule has 0 amide bonds. The van der Waals surface area contributed by atoms with Crippen molar-refractivity contribution in [2.24, 2.45) is 4.99 Å². The van der Waals surface area contributed by atoms with E-state index in [0.29, 0.717) is 5.92 Å². The van der Waals surface area contributed by atoms with Crippen LogP contribution < -0.4 is 10.6 Å². The van der Waals surface area contributed by atoms with Crippen LogP contribution >= 0.6 is 11.3 Å². The van der Waals surface area contributed by atoms with Crippen molar-refractivity contribution in [3.63, 3.8) is 0 Å². The highest BCUT2D eigenvalue weighted by Gasteiger charge is 2.12. The van der Waals surface area contributed by atoms with Crippen LogP contribution in [0.1, 0.15) is 49.8 Å². The van der Waals surface area contributed by atoms with Crippen LogP contribution in [0, 0.1) is 6.92 Å². The van der Waals surface area contributed by atoms with Gasteiger partial charge in [-0.2, -0.15) is 11.3 Å². The van der Waals surface area contributed by atoms with Gasteiger partial charge in [-0.05, 0) is 55.3 Å². The Hall–Kier alpha value is -1.75. The fourth-order valence-corrected chi connectivity index (χ4v) is 2.95. The van der Waals surface area contributed by atoms with Gasteiger partial charge >= 0.3 is 0 Å². The molecule has 0 radical (unpaired) electrons. The summed E-state index contributed by atoms with van der Waals surface area (Å²) in [5.74, 6) is 3.10. The van der Waals surface area contributed by atoms with Gasteiger partial charge in [0, 0.05) is 19.0 Å². The van der Waals surface area contributed by atoms with E-state index >= 15 is 0 Å². The van der Waals surface area contributed by atoms with Crippen LogP contribution in [0.25, 0.3) is 0 Å². The number of nitrogens with one attached hydrogen (secondary N) is 2. The molecule has 4 nitrogen and oxygen atoms in total. The first-order valence-electron chi connectivity index (χ1n) is 7.73. The predicted octanol–water partition coefficient (Wildman–Crippen LogP) is 4.07. The topological polar surface area (TPSA) is 49.6 Å². The summed E-state index contributed by atoms with van der Waals surface area (Å²) in [5, 5.41) is 11.0. The second-order valence-corrected chi connectivity index (χ2v) is 6.27. The van der Waals surface area contributed by atoms with E-state index in [-0.39, 0.29) is 6.04 Å². The third-order valence-corrected chi connectivity index (χ3v) is 4.22. The van der Waals surface area contributed by atoms with E-state index in [0.717, 1.165) is 30.6 Å². The van der Waals surface area contributed by atoms with Crippen molar-refractivity contribution in [3.05, 3.63) is 46.0 Å². The van der Waals surface area contributed by atoms with E-state index in [1.807, 2.05) is 19.1 Å². The maximum atomic E-state index is 5.66. The minimum absolute atomic E-state index is 0.0861. The van der Waals surface area contributed by atoms with Crippen molar-refractivity contribution >= 4 is 17.3 Å². The van der Waals surface area contributed by atoms with E-state index in [2.05, 4.69) is 48.2 Å². The van der Waals surface area contributed by atoms with Gasteiger partial charge in [-0.3, -0.25) is 4.99 Å². The summed E-state index contributed by atoms with van der Waals surface area (Å²) in [5.41, 5.74) is 1.35. The maximum absolute atomic E-state index is 5.66. The predicted molar refractivity (Wildman–Crippen MR) is 93.7 cm³/mol. The standard InChI is InChI=1S/C17H25N3OS/c1-5-18-17(19-10-12(2)15-8-9-22-11-15)20-14(4)16-7-6-13(3)21-16/h6-9,11-12,14H,5,10H2,1-4H3,(H2,18,19,20). The summed E-state index contributed by atoms with van der Waals surface area (Å²) >= 11 is 1.73. The number of aliphatic imine (C=N–C) groups is 1. The van der Waals surface area contributed by atoms with Gasteiger partial charge < -0.3 is 15.1 Å². The molecule has 5 heteroatoms. The Bertz CT molecular complexity index is 589. The average molecular weight is 319 g/mol. The minimum Gasteiger partial charge on any atom is -0.464 e. The number of hydrogen-bond acceptors (Lipinski definition) is 3. The minimum atomic E-state index is 0.0861. The highest BCUT2D eigenvalue weighted by molar-refractivity contribution is 7.07. The van der Waals surface area contributed by atoms with Crippen LogP contribution in [-0.2, 0) is 0 Å². The molecule has 0 bridgehead atoms. The van der Waals surface area contributed by atoms with E-state index < -0.39 is 0 Å². The molecule has 0 saturated heterocycles. The van der Waals surface area contributed by atoms with E-state index in [4.69, 9.17) is 9.41 Å². The highest BCUT2D eigenvalue weighted by atomic mass is 32.1. The van der Waals surface area contributed by atoms with Crippen LogP contribution in [0.3, 0.4) is 0 Å². The second-order valence-electron chi connectivity index (χ2n) is 5.49. The zero-order valence-electron chi connectivity index (χ0n) is 13.7. The fraction of sp³-hybridized carbons (Fsp3) is 0.471. The van der Waals surface area contributed by atoms with Crippen molar-refractivity contribution in [3.8, 4) is 0 Å². The lowest BCUT2D eigenvalue weighted by atomic mass is 10.1. The summed E-state index contributed by atoms with van der Waals surface area (Å²) in [6.45, 7) is 9.90. The molecule has 0 spiro atoms. The summed E-state index contributed by atoms with van der Waals surface area (Å²) in [4.78, 5) is 4.70. The molecule has 0 aromatic carbocycles. The molecule has 2 rings (SSSR count). The number of rotatable bonds is 6. The lowest BCUT2D eigenvalue weighted by Gasteiger charge is -2.17. The van der Waals surface area contributed by atoms with Gasteiger partial charge in [0.2, 0.25) is 0 Å². The summed E-state index contributed by atoms with van der Waals surface area (Å²) in [6, 6.07) is 6.24. The average Bonchev–Trinajstić information content (AvgIpc) is 3.15. The first-order valence-corrected chi connectivity index (χ1v) is 8.67. The highest BCUT2D eigenvalue weighted by Crippen LogP contribution is 2.18. The number of guanidine groups is 1. The van der Waals surface area contributed by atoms with Crippen LogP contribution in [0.2, 0.25) is 0 Å². The Kier molecular flexibility index (Phi) is 6.07. The summed E-state index contributed by atoms with van der Waals surface area (Å²) in [6.07, 6.45) is 0. The number of thiophene rings is 1. The largest absolute Gasteiger partial charge is 0.464 e. The molecule has 0 saturated carbocycles. The Morgan fingerprint density at radius 3 is 2.73 bits per heavy atom. The van der Waals surface area contributed by atoms with Crippen LogP contribution in [0.4, 0.5) is 0 Å². The lowest BCUT2D eigenvalue weighted by molar-refractivity contribution is 0.441. The van der Waals surface area contributed by atoms with Crippen molar-refractivity contribution in [2.45, 2.75) is 39.7 Å². The Morgan fingerprint density at radius 1 is 1.32 bits per heavy atom. The molecule has 2 aromatic heterocycles. The zero-order valence-corrected chi connectivity index (χ0v) is 14.5. The Labute approximate surface area is 136 Å². The third kappa shape index (κ3) is 4.63. The molecule has 2 unspecified atom stereocenters. The summed E-state index contributed by atoms with van der Waals surface area (Å²) < 4.78 is 5.66. The quantitative estimate of drug-likeness (QED) is 0.623. The van der Waals surface area contributed by atoms with Gasteiger partial charge in [-0.25, -0.2) is 0 Å². The maximum Gasteiger partial charge on any atom is 0.191 e. The SMILES string of the molecule is CCNC(=NCC(C)c1ccsc1)NC(C)c1ccc(C)o1. The first-order chi connectivity index (χ1) is 10.6. The number of hydrogen-bond donors (Lipinski definition) is 2.